The fraction of sp³-hybridized carbons (Fsp3) is 0.167. The Morgan fingerprint density at radius 1 is 1.00 bits per heavy atom. The monoisotopic (exact) mass is 356 g/mol. The third kappa shape index (κ3) is 4.97. The van der Waals surface area contributed by atoms with Crippen molar-refractivity contribution >= 4 is 29.0 Å². The van der Waals surface area contributed by atoms with Crippen LogP contribution in [0.2, 0.25) is 0 Å². The van der Waals surface area contributed by atoms with Crippen molar-refractivity contribution < 1.29 is 24.0 Å². The summed E-state index contributed by atoms with van der Waals surface area (Å²) in [5.74, 6) is -1.30. The molecule has 2 aromatic rings. The molecule has 0 aliphatic heterocycles. The van der Waals surface area contributed by atoms with Crippen LogP contribution >= 0.6 is 0 Å². The summed E-state index contributed by atoms with van der Waals surface area (Å²) in [6.45, 7) is 1.27. The number of nitrogens with one attached hydrogen (secondary N) is 1. The Labute approximate surface area is 148 Å². The number of hydrogen-bond acceptors (Lipinski definition) is 6. The molecule has 0 radical (unpaired) electrons. The van der Waals surface area contributed by atoms with Gasteiger partial charge in [-0.1, -0.05) is 6.92 Å². The lowest BCUT2D eigenvalue weighted by Gasteiger charge is -2.06. The SMILES string of the molecule is CCC(=O)Nc1ccc(C(=O)COC(=O)c2ccc([N+](=O)[O-])cc2)cc1. The van der Waals surface area contributed by atoms with E-state index in [0.29, 0.717) is 17.7 Å². The number of carbonyl (C=O) groups is 3. The number of nitro benzene ring substituents is 1. The maximum absolute atomic E-state index is 12.1. The van der Waals surface area contributed by atoms with E-state index in [9.17, 15) is 24.5 Å². The van der Waals surface area contributed by atoms with E-state index < -0.39 is 23.3 Å². The molecule has 0 bridgehead atoms. The van der Waals surface area contributed by atoms with Crippen LogP contribution in [0.4, 0.5) is 11.4 Å². The summed E-state index contributed by atoms with van der Waals surface area (Å²) in [4.78, 5) is 45.2. The first-order valence-electron chi connectivity index (χ1n) is 7.75. The van der Waals surface area contributed by atoms with Gasteiger partial charge in [0.2, 0.25) is 5.91 Å². The summed E-state index contributed by atoms with van der Waals surface area (Å²) in [6.07, 6.45) is 0.347. The number of non-ortho nitro benzene ring substituents is 1. The number of amides is 1. The van der Waals surface area contributed by atoms with Crippen molar-refractivity contribution in [3.8, 4) is 0 Å². The smallest absolute Gasteiger partial charge is 0.338 e. The molecule has 0 atom stereocenters. The number of nitro groups is 1. The molecular formula is C18H16N2O6. The highest BCUT2D eigenvalue weighted by Crippen LogP contribution is 2.14. The number of Topliss-reactive ketones (excluding diaryl/α,β-unsaturated/α-hetero) is 1. The van der Waals surface area contributed by atoms with Crippen LogP contribution in [0.15, 0.2) is 48.5 Å². The van der Waals surface area contributed by atoms with Crippen LogP contribution in [0.3, 0.4) is 0 Å². The number of hydrogen-bond donors (Lipinski definition) is 1. The number of ether oxygens (including phenoxy) is 1. The first kappa shape index (κ1) is 18.8. The van der Waals surface area contributed by atoms with Crippen LogP contribution in [0.5, 0.6) is 0 Å². The molecule has 0 heterocycles. The van der Waals surface area contributed by atoms with Crippen LogP contribution in [-0.2, 0) is 9.53 Å². The molecule has 0 saturated carbocycles. The Morgan fingerprint density at radius 3 is 2.12 bits per heavy atom. The van der Waals surface area contributed by atoms with Gasteiger partial charge in [-0.15, -0.1) is 0 Å². The molecule has 0 unspecified atom stereocenters. The zero-order chi connectivity index (χ0) is 19.1. The highest BCUT2D eigenvalue weighted by atomic mass is 16.6. The maximum Gasteiger partial charge on any atom is 0.338 e. The lowest BCUT2D eigenvalue weighted by Crippen LogP contribution is -2.14. The predicted octanol–water partition coefficient (Wildman–Crippen LogP) is 2.98. The molecule has 0 aliphatic carbocycles. The molecule has 134 valence electrons. The molecular weight excluding hydrogens is 340 g/mol. The molecule has 1 amide bonds. The van der Waals surface area contributed by atoms with Crippen molar-refractivity contribution in [2.75, 3.05) is 11.9 Å². The third-order valence-corrected chi connectivity index (χ3v) is 3.46. The summed E-state index contributed by atoms with van der Waals surface area (Å²) in [7, 11) is 0. The average molecular weight is 356 g/mol. The van der Waals surface area contributed by atoms with E-state index in [1.165, 1.54) is 36.4 Å². The summed E-state index contributed by atoms with van der Waals surface area (Å²) in [5, 5.41) is 13.2. The number of anilines is 1. The van der Waals surface area contributed by atoms with E-state index in [2.05, 4.69) is 5.32 Å². The van der Waals surface area contributed by atoms with Gasteiger partial charge in [-0.05, 0) is 36.4 Å². The molecule has 0 spiro atoms. The van der Waals surface area contributed by atoms with Gasteiger partial charge in [-0.2, -0.15) is 0 Å². The highest BCUT2D eigenvalue weighted by Gasteiger charge is 2.13. The standard InChI is InChI=1S/C18H16N2O6/c1-2-17(22)19-14-7-3-12(4-8-14)16(21)11-26-18(23)13-5-9-15(10-6-13)20(24)25/h3-10H,2,11H2,1H3,(H,19,22). The van der Waals surface area contributed by atoms with Crippen molar-refractivity contribution in [1.29, 1.82) is 0 Å². The summed E-state index contributed by atoms with van der Waals surface area (Å²) < 4.78 is 4.93. The van der Waals surface area contributed by atoms with E-state index >= 15 is 0 Å². The Morgan fingerprint density at radius 2 is 1.58 bits per heavy atom. The van der Waals surface area contributed by atoms with Gasteiger partial charge in [0, 0.05) is 29.8 Å². The lowest BCUT2D eigenvalue weighted by molar-refractivity contribution is -0.384. The van der Waals surface area contributed by atoms with E-state index in [4.69, 9.17) is 4.74 Å². The molecule has 8 nitrogen and oxygen atoms in total. The Kier molecular flexibility index (Phi) is 6.15. The van der Waals surface area contributed by atoms with Crippen LogP contribution in [0.25, 0.3) is 0 Å². The predicted molar refractivity (Wildman–Crippen MR) is 93.1 cm³/mol. The second kappa shape index (κ2) is 8.52. The summed E-state index contributed by atoms with van der Waals surface area (Å²) in [5.41, 5.74) is 0.862. The molecule has 0 saturated heterocycles. The third-order valence-electron chi connectivity index (χ3n) is 3.46. The fourth-order valence-electron chi connectivity index (χ4n) is 2.01. The van der Waals surface area contributed by atoms with Crippen LogP contribution in [0, 0.1) is 10.1 Å². The molecule has 0 aromatic heterocycles. The number of benzene rings is 2. The van der Waals surface area contributed by atoms with Gasteiger partial charge in [0.05, 0.1) is 10.5 Å². The van der Waals surface area contributed by atoms with Crippen molar-refractivity contribution in [3.05, 3.63) is 69.8 Å². The minimum atomic E-state index is -0.750. The first-order chi connectivity index (χ1) is 12.4. The number of ketones is 1. The van der Waals surface area contributed by atoms with Crippen molar-refractivity contribution in [2.24, 2.45) is 0 Å². The Hall–Kier alpha value is -3.55. The quantitative estimate of drug-likeness (QED) is 0.353. The molecule has 0 fully saturated rings. The number of nitrogens with zero attached hydrogens (tertiary/aromatic N) is 1. The van der Waals surface area contributed by atoms with Gasteiger partial charge in [-0.25, -0.2) is 4.79 Å². The molecule has 0 aliphatic rings. The average Bonchev–Trinajstić information content (AvgIpc) is 2.66. The second-order valence-corrected chi connectivity index (χ2v) is 5.28. The highest BCUT2D eigenvalue weighted by molar-refractivity contribution is 6.00. The maximum atomic E-state index is 12.1. The van der Waals surface area contributed by atoms with Gasteiger partial charge in [0.1, 0.15) is 0 Å². The molecule has 2 rings (SSSR count). The first-order valence-corrected chi connectivity index (χ1v) is 7.75. The van der Waals surface area contributed by atoms with E-state index in [0.717, 1.165) is 0 Å². The fourth-order valence-corrected chi connectivity index (χ4v) is 2.01. The second-order valence-electron chi connectivity index (χ2n) is 5.28. The van der Waals surface area contributed by atoms with Gasteiger partial charge in [-0.3, -0.25) is 19.7 Å². The van der Waals surface area contributed by atoms with Crippen molar-refractivity contribution in [1.82, 2.24) is 0 Å². The van der Waals surface area contributed by atoms with E-state index in [1.54, 1.807) is 19.1 Å². The van der Waals surface area contributed by atoms with Gasteiger partial charge < -0.3 is 10.1 Å². The van der Waals surface area contributed by atoms with E-state index in [1.807, 2.05) is 0 Å². The topological polar surface area (TPSA) is 116 Å². The normalized spacial score (nSPS) is 10.0. The van der Waals surface area contributed by atoms with Crippen molar-refractivity contribution in [2.45, 2.75) is 13.3 Å². The minimum absolute atomic E-state index is 0.112. The zero-order valence-electron chi connectivity index (χ0n) is 13.9. The zero-order valence-corrected chi connectivity index (χ0v) is 13.9. The minimum Gasteiger partial charge on any atom is -0.454 e. The van der Waals surface area contributed by atoms with Crippen molar-refractivity contribution in [3.63, 3.8) is 0 Å². The van der Waals surface area contributed by atoms with Crippen LogP contribution in [-0.4, -0.2) is 29.2 Å². The van der Waals surface area contributed by atoms with Crippen LogP contribution < -0.4 is 5.32 Å². The van der Waals surface area contributed by atoms with Gasteiger partial charge in [0.15, 0.2) is 12.4 Å². The molecule has 8 heteroatoms. The molecule has 1 N–H and O–H groups in total. The summed E-state index contributed by atoms with van der Waals surface area (Å²) >= 11 is 0. The van der Waals surface area contributed by atoms with Gasteiger partial charge >= 0.3 is 5.97 Å². The van der Waals surface area contributed by atoms with E-state index in [-0.39, 0.29) is 17.2 Å². The largest absolute Gasteiger partial charge is 0.454 e. The summed E-state index contributed by atoms with van der Waals surface area (Å²) in [6, 6.07) is 11.1. The molecule has 2 aromatic carbocycles. The Bertz CT molecular complexity index is 828. The number of esters is 1. The number of carbonyl (C=O) groups excluding carboxylic acids is 3. The number of rotatable bonds is 7. The molecule has 26 heavy (non-hydrogen) atoms. The Balaban J connectivity index is 1.92. The van der Waals surface area contributed by atoms with Crippen LogP contribution in [0.1, 0.15) is 34.1 Å². The lowest BCUT2D eigenvalue weighted by atomic mass is 10.1. The van der Waals surface area contributed by atoms with Gasteiger partial charge in [0.25, 0.3) is 5.69 Å².